The van der Waals surface area contributed by atoms with Gasteiger partial charge in [0.25, 0.3) is 6.47 Å². The quantitative estimate of drug-likeness (QED) is 0.0275. The largest absolute Gasteiger partial charge is 0.468 e. The normalized spacial score (nSPS) is 11.1. The molecule has 0 rings (SSSR count). The monoisotopic (exact) mass is 1060 g/mol. The molecule has 0 unspecified atom stereocenters. The van der Waals surface area contributed by atoms with Crippen molar-refractivity contribution in [1.29, 1.82) is 0 Å². The highest BCUT2D eigenvalue weighted by molar-refractivity contribution is 5.69. The van der Waals surface area contributed by atoms with E-state index in [1.165, 1.54) is 193 Å². The summed E-state index contributed by atoms with van der Waals surface area (Å²) in [6.07, 6.45) is 44.9. The van der Waals surface area contributed by atoms with Gasteiger partial charge in [-0.2, -0.15) is 0 Å². The molecular formula is C64H132N2O8. The van der Waals surface area contributed by atoms with E-state index in [0.717, 1.165) is 63.6 Å². The Morgan fingerprint density at radius 3 is 1.23 bits per heavy atom. The van der Waals surface area contributed by atoms with Crippen LogP contribution < -0.4 is 5.32 Å². The molecule has 1 N–H and O–H groups in total. The number of nitrogens with zero attached hydrogens (tertiary/aromatic N) is 1. The minimum Gasteiger partial charge on any atom is -0.468 e. The SMILES string of the molecule is CCCC.CCCC.CCCCCCC(CCCCCC)CCCOC(=O)CCCCCN(CCCCCC)CCOCCOCCNC(=O)OC(C)(C)C.CCCCCCC(CCCCCC)CCCOC=O. The summed E-state index contributed by atoms with van der Waals surface area (Å²) in [6, 6.07) is 0. The van der Waals surface area contributed by atoms with Crippen molar-refractivity contribution in [2.75, 3.05) is 65.8 Å². The van der Waals surface area contributed by atoms with Crippen molar-refractivity contribution in [1.82, 2.24) is 10.2 Å². The lowest BCUT2D eigenvalue weighted by Gasteiger charge is -2.22. The minimum atomic E-state index is -0.499. The molecule has 0 fully saturated rings. The van der Waals surface area contributed by atoms with Crippen LogP contribution in [0.15, 0.2) is 0 Å². The third kappa shape index (κ3) is 72.2. The Bertz CT molecular complexity index is 1040. The fraction of sp³-hybridized carbons (Fsp3) is 0.953. The van der Waals surface area contributed by atoms with Crippen molar-refractivity contribution in [2.45, 2.75) is 320 Å². The molecule has 0 aliphatic carbocycles. The zero-order valence-corrected chi connectivity index (χ0v) is 52.0. The molecule has 0 aromatic rings. The minimum absolute atomic E-state index is 0.0277. The Morgan fingerprint density at radius 1 is 0.432 bits per heavy atom. The van der Waals surface area contributed by atoms with Gasteiger partial charge in [0.05, 0.1) is 39.6 Å². The number of esters is 1. The molecule has 0 saturated heterocycles. The van der Waals surface area contributed by atoms with Gasteiger partial charge in [-0.3, -0.25) is 9.59 Å². The molecule has 0 aromatic heterocycles. The number of carbonyl (C=O) groups excluding carboxylic acids is 3. The van der Waals surface area contributed by atoms with Crippen LogP contribution in [0.1, 0.15) is 314 Å². The molecule has 0 aliphatic heterocycles. The fourth-order valence-electron chi connectivity index (χ4n) is 8.37. The summed E-state index contributed by atoms with van der Waals surface area (Å²) in [4.78, 5) is 36.6. The smallest absolute Gasteiger partial charge is 0.407 e. The highest BCUT2D eigenvalue weighted by Crippen LogP contribution is 2.24. The van der Waals surface area contributed by atoms with Crippen LogP contribution in [0.25, 0.3) is 0 Å². The predicted molar refractivity (Wildman–Crippen MR) is 320 cm³/mol. The number of carbonyl (C=O) groups is 3. The maximum Gasteiger partial charge on any atom is 0.407 e. The van der Waals surface area contributed by atoms with Crippen molar-refractivity contribution >= 4 is 18.5 Å². The second-order valence-electron chi connectivity index (χ2n) is 22.0. The van der Waals surface area contributed by atoms with Gasteiger partial charge in [-0.1, -0.05) is 242 Å². The van der Waals surface area contributed by atoms with Crippen molar-refractivity contribution in [2.24, 2.45) is 11.8 Å². The molecule has 0 bridgehead atoms. The Labute approximate surface area is 462 Å². The first-order valence-corrected chi connectivity index (χ1v) is 31.9. The molecule has 446 valence electrons. The summed E-state index contributed by atoms with van der Waals surface area (Å²) in [5.74, 6) is 1.62. The number of hydrogen-bond acceptors (Lipinski definition) is 9. The molecule has 0 radical (unpaired) electrons. The average Bonchev–Trinajstić information content (AvgIpc) is 3.38. The van der Waals surface area contributed by atoms with Gasteiger partial charge in [-0.15, -0.1) is 0 Å². The maximum absolute atomic E-state index is 12.4. The van der Waals surface area contributed by atoms with Gasteiger partial charge in [-0.05, 0) is 90.6 Å². The predicted octanol–water partition coefficient (Wildman–Crippen LogP) is 19.0. The topological polar surface area (TPSA) is 113 Å². The van der Waals surface area contributed by atoms with Gasteiger partial charge in [0, 0.05) is 19.5 Å². The molecule has 0 aromatic carbocycles. The second-order valence-corrected chi connectivity index (χ2v) is 22.0. The molecule has 0 saturated carbocycles. The molecule has 0 aliphatic rings. The Hall–Kier alpha value is -1.91. The van der Waals surface area contributed by atoms with Crippen LogP contribution in [-0.4, -0.2) is 94.9 Å². The number of rotatable bonds is 51. The lowest BCUT2D eigenvalue weighted by atomic mass is 9.91. The van der Waals surface area contributed by atoms with Crippen LogP contribution in [0.4, 0.5) is 4.79 Å². The van der Waals surface area contributed by atoms with E-state index < -0.39 is 11.7 Å². The van der Waals surface area contributed by atoms with E-state index in [2.05, 4.69) is 72.5 Å². The molecular weight excluding hydrogens is 925 g/mol. The zero-order chi connectivity index (χ0) is 55.9. The number of nitrogens with one attached hydrogen (secondary N) is 1. The van der Waals surface area contributed by atoms with E-state index in [0.29, 0.717) is 59.1 Å². The summed E-state index contributed by atoms with van der Waals surface area (Å²) in [6.45, 7) is 32.9. The van der Waals surface area contributed by atoms with Crippen LogP contribution in [-0.2, 0) is 33.3 Å². The van der Waals surface area contributed by atoms with Crippen LogP contribution in [0.2, 0.25) is 0 Å². The van der Waals surface area contributed by atoms with E-state index in [1.54, 1.807) is 0 Å². The third-order valence-corrected chi connectivity index (χ3v) is 13.3. The van der Waals surface area contributed by atoms with Gasteiger partial charge in [-0.25, -0.2) is 4.79 Å². The third-order valence-electron chi connectivity index (χ3n) is 13.3. The molecule has 10 heteroatoms. The molecule has 10 nitrogen and oxygen atoms in total. The van der Waals surface area contributed by atoms with E-state index >= 15 is 0 Å². The first-order chi connectivity index (χ1) is 35.9. The van der Waals surface area contributed by atoms with E-state index in [1.807, 2.05) is 20.8 Å². The number of unbranched alkanes of at least 4 members (excludes halogenated alkanes) is 19. The molecule has 0 atom stereocenters. The number of ether oxygens (including phenoxy) is 5. The first-order valence-electron chi connectivity index (χ1n) is 31.9. The van der Waals surface area contributed by atoms with Gasteiger partial charge >= 0.3 is 12.1 Å². The van der Waals surface area contributed by atoms with Crippen LogP contribution in [0, 0.1) is 11.8 Å². The highest BCUT2D eigenvalue weighted by Gasteiger charge is 2.16. The Kier molecular flexibility index (Phi) is 71.4. The zero-order valence-electron chi connectivity index (χ0n) is 52.0. The van der Waals surface area contributed by atoms with Gasteiger partial charge in [0.1, 0.15) is 5.60 Å². The number of alkyl carbamates (subject to hydrolysis) is 1. The summed E-state index contributed by atoms with van der Waals surface area (Å²) in [7, 11) is 0. The van der Waals surface area contributed by atoms with Crippen molar-refractivity contribution < 1.29 is 38.1 Å². The van der Waals surface area contributed by atoms with Crippen LogP contribution in [0.3, 0.4) is 0 Å². The van der Waals surface area contributed by atoms with Gasteiger partial charge in [0.2, 0.25) is 0 Å². The summed E-state index contributed by atoms with van der Waals surface area (Å²) in [5.41, 5.74) is -0.499. The molecule has 74 heavy (non-hydrogen) atoms. The van der Waals surface area contributed by atoms with Crippen molar-refractivity contribution in [3.63, 3.8) is 0 Å². The lowest BCUT2D eigenvalue weighted by Crippen LogP contribution is -2.34. The first kappa shape index (κ1) is 78.6. The standard InChI is InChI=1S/C39H78N2O6.C17H34O2.2C4H10/c1-7-10-13-17-23-36(24-18-14-11-8-2)25-22-31-46-37(42)26-19-16-21-29-41(28-20-15-12-9-3)30-33-45-35-34-44-32-27-40-38(43)47-39(4,5)6;1-3-5-7-9-12-17(13-10-8-6-4-2)14-11-15-19-16-18;2*1-3-4-2/h36H,7-35H2,1-6H3,(H,40,43);16-17H,3-15H2,1-2H3;2*3-4H2,1-2H3. The van der Waals surface area contributed by atoms with Crippen LogP contribution >= 0.6 is 0 Å². The fourth-order valence-corrected chi connectivity index (χ4v) is 8.37. The van der Waals surface area contributed by atoms with Crippen LogP contribution in [0.5, 0.6) is 0 Å². The Morgan fingerprint density at radius 2 is 0.824 bits per heavy atom. The summed E-state index contributed by atoms with van der Waals surface area (Å²) < 4.78 is 27.0. The average molecular weight is 1060 g/mol. The van der Waals surface area contributed by atoms with E-state index in [4.69, 9.17) is 23.7 Å². The Balaban J connectivity index is -0.000000741. The van der Waals surface area contributed by atoms with E-state index in [9.17, 15) is 14.4 Å². The summed E-state index contributed by atoms with van der Waals surface area (Å²) >= 11 is 0. The van der Waals surface area contributed by atoms with E-state index in [-0.39, 0.29) is 5.97 Å². The second kappa shape index (κ2) is 67.2. The molecule has 1 amide bonds. The van der Waals surface area contributed by atoms with Crippen molar-refractivity contribution in [3.05, 3.63) is 0 Å². The van der Waals surface area contributed by atoms with Crippen molar-refractivity contribution in [3.8, 4) is 0 Å². The van der Waals surface area contributed by atoms with Gasteiger partial charge < -0.3 is 33.9 Å². The maximum atomic E-state index is 12.4. The molecule has 0 spiro atoms. The highest BCUT2D eigenvalue weighted by atomic mass is 16.6. The number of hydrogen-bond donors (Lipinski definition) is 1. The van der Waals surface area contributed by atoms with Gasteiger partial charge in [0.15, 0.2) is 0 Å². The summed E-state index contributed by atoms with van der Waals surface area (Å²) in [5, 5.41) is 2.69. The number of amides is 1. The lowest BCUT2D eigenvalue weighted by molar-refractivity contribution is -0.144. The molecule has 0 heterocycles.